The van der Waals surface area contributed by atoms with Crippen molar-refractivity contribution in [3.63, 3.8) is 0 Å². The van der Waals surface area contributed by atoms with Gasteiger partial charge in [-0.15, -0.1) is 0 Å². The maximum Gasteiger partial charge on any atom is 0.321 e. The van der Waals surface area contributed by atoms with Crippen LogP contribution in [0.4, 0.5) is 10.5 Å². The molecule has 0 aliphatic carbocycles. The number of benzene rings is 1. The van der Waals surface area contributed by atoms with Crippen LogP contribution in [0.25, 0.3) is 0 Å². The molecule has 3 nitrogen and oxygen atoms in total. The SMILES string of the molecule is CCc1ccc(N2CCCNC2=O)cc1. The Labute approximate surface area is 90.1 Å². The highest BCUT2D eigenvalue weighted by molar-refractivity contribution is 5.92. The lowest BCUT2D eigenvalue weighted by Crippen LogP contribution is -2.46. The largest absolute Gasteiger partial charge is 0.338 e. The quantitative estimate of drug-likeness (QED) is 0.786. The van der Waals surface area contributed by atoms with Crippen molar-refractivity contribution < 1.29 is 4.79 Å². The maximum absolute atomic E-state index is 11.6. The van der Waals surface area contributed by atoms with Crippen LogP contribution in [0.5, 0.6) is 0 Å². The molecule has 0 aromatic heterocycles. The molecular weight excluding hydrogens is 188 g/mol. The van der Waals surface area contributed by atoms with E-state index >= 15 is 0 Å². The number of rotatable bonds is 2. The molecule has 1 N–H and O–H groups in total. The van der Waals surface area contributed by atoms with Crippen LogP contribution in [-0.4, -0.2) is 19.1 Å². The molecule has 1 aromatic rings. The van der Waals surface area contributed by atoms with Crippen molar-refractivity contribution >= 4 is 11.7 Å². The summed E-state index contributed by atoms with van der Waals surface area (Å²) in [5.41, 5.74) is 2.29. The number of nitrogens with zero attached hydrogens (tertiary/aromatic N) is 1. The summed E-state index contributed by atoms with van der Waals surface area (Å²) in [4.78, 5) is 13.4. The maximum atomic E-state index is 11.6. The average molecular weight is 204 g/mol. The van der Waals surface area contributed by atoms with Crippen LogP contribution in [0.2, 0.25) is 0 Å². The molecule has 1 aliphatic rings. The van der Waals surface area contributed by atoms with E-state index in [9.17, 15) is 4.79 Å². The molecule has 15 heavy (non-hydrogen) atoms. The van der Waals surface area contributed by atoms with Crippen molar-refractivity contribution in [2.24, 2.45) is 0 Å². The Morgan fingerprint density at radius 2 is 2.07 bits per heavy atom. The molecule has 1 heterocycles. The van der Waals surface area contributed by atoms with Gasteiger partial charge >= 0.3 is 6.03 Å². The van der Waals surface area contributed by atoms with Crippen LogP contribution >= 0.6 is 0 Å². The molecule has 0 unspecified atom stereocenters. The van der Waals surface area contributed by atoms with Crippen molar-refractivity contribution in [3.8, 4) is 0 Å². The molecule has 0 radical (unpaired) electrons. The number of anilines is 1. The summed E-state index contributed by atoms with van der Waals surface area (Å²) in [5, 5.41) is 2.85. The van der Waals surface area contributed by atoms with Crippen LogP contribution in [0.3, 0.4) is 0 Å². The summed E-state index contributed by atoms with van der Waals surface area (Å²) in [5.74, 6) is 0. The number of carbonyl (C=O) groups excluding carboxylic acids is 1. The molecule has 2 rings (SSSR count). The highest BCUT2D eigenvalue weighted by Crippen LogP contribution is 2.17. The fraction of sp³-hybridized carbons (Fsp3) is 0.417. The molecule has 1 saturated heterocycles. The van der Waals surface area contributed by atoms with E-state index in [1.165, 1.54) is 5.56 Å². The summed E-state index contributed by atoms with van der Waals surface area (Å²) >= 11 is 0. The smallest absolute Gasteiger partial charge is 0.321 e. The molecule has 1 aromatic carbocycles. The summed E-state index contributed by atoms with van der Waals surface area (Å²) in [7, 11) is 0. The lowest BCUT2D eigenvalue weighted by molar-refractivity contribution is 0.243. The lowest BCUT2D eigenvalue weighted by Gasteiger charge is -2.27. The minimum atomic E-state index is 0.0190. The van der Waals surface area contributed by atoms with Crippen molar-refractivity contribution in [2.45, 2.75) is 19.8 Å². The lowest BCUT2D eigenvalue weighted by atomic mass is 10.1. The molecule has 1 fully saturated rings. The number of hydrogen-bond acceptors (Lipinski definition) is 1. The third kappa shape index (κ3) is 2.12. The van der Waals surface area contributed by atoms with E-state index in [4.69, 9.17) is 0 Å². The van der Waals surface area contributed by atoms with Crippen molar-refractivity contribution in [1.29, 1.82) is 0 Å². The number of aryl methyl sites for hydroxylation is 1. The number of amides is 2. The zero-order chi connectivity index (χ0) is 10.7. The van der Waals surface area contributed by atoms with E-state index in [1.807, 2.05) is 12.1 Å². The number of urea groups is 1. The molecule has 0 bridgehead atoms. The molecule has 3 heteroatoms. The first kappa shape index (κ1) is 10.0. The second-order valence-electron chi connectivity index (χ2n) is 3.76. The third-order valence-electron chi connectivity index (χ3n) is 2.74. The second kappa shape index (κ2) is 4.34. The van der Waals surface area contributed by atoms with Crippen molar-refractivity contribution in [2.75, 3.05) is 18.0 Å². The third-order valence-corrected chi connectivity index (χ3v) is 2.74. The summed E-state index contributed by atoms with van der Waals surface area (Å²) in [6.45, 7) is 3.74. The highest BCUT2D eigenvalue weighted by Gasteiger charge is 2.18. The molecule has 0 spiro atoms. The standard InChI is InChI=1S/C12H16N2O/c1-2-10-4-6-11(7-5-10)14-9-3-8-13-12(14)15/h4-7H,2-3,8-9H2,1H3,(H,13,15). The molecule has 80 valence electrons. The number of carbonyl (C=O) groups is 1. The van der Waals surface area contributed by atoms with E-state index in [2.05, 4.69) is 24.4 Å². The van der Waals surface area contributed by atoms with E-state index in [0.717, 1.165) is 31.6 Å². The first-order valence-electron chi connectivity index (χ1n) is 5.45. The Kier molecular flexibility index (Phi) is 2.90. The summed E-state index contributed by atoms with van der Waals surface area (Å²) in [6.07, 6.45) is 2.05. The topological polar surface area (TPSA) is 32.3 Å². The van der Waals surface area contributed by atoms with Gasteiger partial charge in [0.05, 0.1) is 0 Å². The van der Waals surface area contributed by atoms with E-state index in [0.29, 0.717) is 0 Å². The van der Waals surface area contributed by atoms with Crippen molar-refractivity contribution in [1.82, 2.24) is 5.32 Å². The molecule has 1 aliphatic heterocycles. The second-order valence-corrected chi connectivity index (χ2v) is 3.76. The number of hydrogen-bond donors (Lipinski definition) is 1. The normalized spacial score (nSPS) is 16.3. The van der Waals surface area contributed by atoms with Crippen LogP contribution in [0.15, 0.2) is 24.3 Å². The Morgan fingerprint density at radius 1 is 1.33 bits per heavy atom. The van der Waals surface area contributed by atoms with E-state index in [-0.39, 0.29) is 6.03 Å². The Balaban J connectivity index is 2.17. The van der Waals surface area contributed by atoms with Gasteiger partial charge in [-0.3, -0.25) is 4.90 Å². The van der Waals surface area contributed by atoms with Gasteiger partial charge in [-0.2, -0.15) is 0 Å². The van der Waals surface area contributed by atoms with Gasteiger partial charge in [-0.1, -0.05) is 19.1 Å². The van der Waals surface area contributed by atoms with Crippen LogP contribution in [0.1, 0.15) is 18.9 Å². The summed E-state index contributed by atoms with van der Waals surface area (Å²) in [6, 6.07) is 8.22. The van der Waals surface area contributed by atoms with Gasteiger partial charge < -0.3 is 5.32 Å². The Morgan fingerprint density at radius 3 is 2.67 bits per heavy atom. The fourth-order valence-corrected chi connectivity index (χ4v) is 1.79. The average Bonchev–Trinajstić information content (AvgIpc) is 2.30. The minimum Gasteiger partial charge on any atom is -0.338 e. The molecule has 0 atom stereocenters. The minimum absolute atomic E-state index is 0.0190. The van der Waals surface area contributed by atoms with E-state index in [1.54, 1.807) is 4.90 Å². The predicted molar refractivity (Wildman–Crippen MR) is 61.2 cm³/mol. The van der Waals surface area contributed by atoms with Gasteiger partial charge in [0.1, 0.15) is 0 Å². The van der Waals surface area contributed by atoms with Crippen LogP contribution in [0, 0.1) is 0 Å². The summed E-state index contributed by atoms with van der Waals surface area (Å²) < 4.78 is 0. The van der Waals surface area contributed by atoms with Gasteiger partial charge in [0.2, 0.25) is 0 Å². The first-order valence-corrected chi connectivity index (χ1v) is 5.45. The zero-order valence-corrected chi connectivity index (χ0v) is 8.99. The fourth-order valence-electron chi connectivity index (χ4n) is 1.79. The van der Waals surface area contributed by atoms with E-state index < -0.39 is 0 Å². The first-order chi connectivity index (χ1) is 7.31. The predicted octanol–water partition coefficient (Wildman–Crippen LogP) is 2.17. The highest BCUT2D eigenvalue weighted by atomic mass is 16.2. The van der Waals surface area contributed by atoms with Crippen molar-refractivity contribution in [3.05, 3.63) is 29.8 Å². The molecule has 0 saturated carbocycles. The number of nitrogens with one attached hydrogen (secondary N) is 1. The molecule has 2 amide bonds. The van der Waals surface area contributed by atoms with Gasteiger partial charge in [0.15, 0.2) is 0 Å². The van der Waals surface area contributed by atoms with Crippen LogP contribution in [-0.2, 0) is 6.42 Å². The Hall–Kier alpha value is -1.51. The van der Waals surface area contributed by atoms with Gasteiger partial charge in [-0.05, 0) is 30.5 Å². The van der Waals surface area contributed by atoms with Gasteiger partial charge in [0, 0.05) is 18.8 Å². The van der Waals surface area contributed by atoms with Gasteiger partial charge in [-0.25, -0.2) is 4.79 Å². The van der Waals surface area contributed by atoms with Crippen LogP contribution < -0.4 is 10.2 Å². The Bertz CT molecular complexity index is 345. The van der Waals surface area contributed by atoms with Gasteiger partial charge in [0.25, 0.3) is 0 Å². The monoisotopic (exact) mass is 204 g/mol. The molecular formula is C12H16N2O. The zero-order valence-electron chi connectivity index (χ0n) is 8.99.